The van der Waals surface area contributed by atoms with Crippen LogP contribution in [0.1, 0.15) is 49.7 Å². The van der Waals surface area contributed by atoms with E-state index in [-0.39, 0.29) is 5.41 Å². The Kier molecular flexibility index (Phi) is 4.56. The molecule has 0 aliphatic heterocycles. The standard InChI is InChI=1S/C18H20O2.CH4N2O2/c1-18-9-8-14-13-5-3-12(19)10-11(13)2-4-15(14)16(18)6-7-17(18)20;2-1(4)3-5/h3-5,10,14,16,19H,2,6-9H2,1H3;5H,(H3,2,3,4). The Bertz CT molecular complexity index is 743. The van der Waals surface area contributed by atoms with E-state index in [0.29, 0.717) is 23.4 Å². The van der Waals surface area contributed by atoms with Gasteiger partial charge < -0.3 is 10.8 Å². The molecule has 2 amide bonds. The summed E-state index contributed by atoms with van der Waals surface area (Å²) in [6.45, 7) is 2.18. The molecule has 0 spiro atoms. The summed E-state index contributed by atoms with van der Waals surface area (Å²) in [6.07, 6.45) is 7.11. The van der Waals surface area contributed by atoms with Gasteiger partial charge in [0.2, 0.25) is 0 Å². The second-order valence-electron chi connectivity index (χ2n) is 7.29. The van der Waals surface area contributed by atoms with Crippen molar-refractivity contribution >= 4 is 11.8 Å². The number of benzene rings is 1. The lowest BCUT2D eigenvalue weighted by molar-refractivity contribution is -0.126. The number of allylic oxidation sites excluding steroid dienone is 2. The number of carbonyl (C=O) groups is 2. The highest BCUT2D eigenvalue weighted by molar-refractivity contribution is 5.88. The summed E-state index contributed by atoms with van der Waals surface area (Å²) in [6, 6.07) is 4.85. The quantitative estimate of drug-likeness (QED) is 0.329. The highest BCUT2D eigenvalue weighted by Crippen LogP contribution is 2.57. The minimum absolute atomic E-state index is 0.100. The van der Waals surface area contributed by atoms with Gasteiger partial charge in [-0.15, -0.1) is 0 Å². The number of amides is 2. The van der Waals surface area contributed by atoms with Crippen molar-refractivity contribution < 1.29 is 19.9 Å². The summed E-state index contributed by atoms with van der Waals surface area (Å²) in [5, 5.41) is 17.1. The number of nitrogens with two attached hydrogens (primary N) is 1. The van der Waals surface area contributed by atoms with Gasteiger partial charge in [-0.2, -0.15) is 0 Å². The average molecular weight is 344 g/mol. The van der Waals surface area contributed by atoms with Crippen LogP contribution in [0.5, 0.6) is 5.75 Å². The molecule has 3 atom stereocenters. The van der Waals surface area contributed by atoms with Crippen LogP contribution in [-0.2, 0) is 11.2 Å². The number of phenolic OH excluding ortho intramolecular Hbond substituents is 1. The first kappa shape index (κ1) is 17.5. The molecule has 1 aromatic carbocycles. The van der Waals surface area contributed by atoms with Crippen LogP contribution in [0.3, 0.4) is 0 Å². The van der Waals surface area contributed by atoms with E-state index < -0.39 is 6.03 Å². The fourth-order valence-electron chi connectivity index (χ4n) is 4.73. The molecule has 6 heteroatoms. The van der Waals surface area contributed by atoms with Crippen molar-refractivity contribution in [1.29, 1.82) is 0 Å². The fraction of sp³-hybridized carbons (Fsp3) is 0.474. The maximum absolute atomic E-state index is 12.2. The van der Waals surface area contributed by atoms with Crippen molar-refractivity contribution in [2.75, 3.05) is 0 Å². The van der Waals surface area contributed by atoms with Crippen LogP contribution < -0.4 is 11.2 Å². The summed E-state index contributed by atoms with van der Waals surface area (Å²) in [5.74, 6) is 1.76. The average Bonchev–Trinajstić information content (AvgIpc) is 2.90. The van der Waals surface area contributed by atoms with Crippen LogP contribution in [0.15, 0.2) is 29.8 Å². The Balaban J connectivity index is 0.000000324. The molecule has 0 heterocycles. The molecule has 3 aliphatic carbocycles. The number of phenols is 1. The van der Waals surface area contributed by atoms with Gasteiger partial charge in [-0.05, 0) is 54.9 Å². The topological polar surface area (TPSA) is 113 Å². The molecule has 6 nitrogen and oxygen atoms in total. The zero-order valence-corrected chi connectivity index (χ0v) is 14.3. The van der Waals surface area contributed by atoms with Gasteiger partial charge in [-0.1, -0.05) is 24.6 Å². The van der Waals surface area contributed by atoms with Crippen molar-refractivity contribution in [3.63, 3.8) is 0 Å². The normalized spacial score (nSPS) is 29.4. The van der Waals surface area contributed by atoms with Gasteiger partial charge >= 0.3 is 6.03 Å². The molecule has 134 valence electrons. The smallest absolute Gasteiger partial charge is 0.335 e. The number of carbonyl (C=O) groups excluding carboxylic acids is 2. The van der Waals surface area contributed by atoms with Crippen molar-refractivity contribution in [2.24, 2.45) is 17.1 Å². The van der Waals surface area contributed by atoms with E-state index >= 15 is 0 Å². The second-order valence-corrected chi connectivity index (χ2v) is 7.29. The first-order valence-corrected chi connectivity index (χ1v) is 8.61. The van der Waals surface area contributed by atoms with Crippen LogP contribution in [0.25, 0.3) is 0 Å². The number of urea groups is 1. The number of primary amides is 1. The van der Waals surface area contributed by atoms with Gasteiger partial charge in [0.25, 0.3) is 0 Å². The van der Waals surface area contributed by atoms with E-state index in [1.807, 2.05) is 6.07 Å². The van der Waals surface area contributed by atoms with Gasteiger partial charge in [-0.25, -0.2) is 10.3 Å². The van der Waals surface area contributed by atoms with Crippen LogP contribution in [0.2, 0.25) is 0 Å². The predicted molar refractivity (Wildman–Crippen MR) is 92.2 cm³/mol. The molecule has 0 radical (unpaired) electrons. The number of ketones is 1. The molecule has 2 saturated carbocycles. The Morgan fingerprint density at radius 1 is 1.36 bits per heavy atom. The van der Waals surface area contributed by atoms with E-state index in [0.717, 1.165) is 32.1 Å². The van der Waals surface area contributed by atoms with Crippen LogP contribution in [0, 0.1) is 11.3 Å². The minimum Gasteiger partial charge on any atom is -0.508 e. The molecule has 0 bridgehead atoms. The lowest BCUT2D eigenvalue weighted by atomic mass is 9.60. The second kappa shape index (κ2) is 6.52. The largest absolute Gasteiger partial charge is 0.508 e. The summed E-state index contributed by atoms with van der Waals surface area (Å²) < 4.78 is 0. The van der Waals surface area contributed by atoms with E-state index in [2.05, 4.69) is 24.8 Å². The summed E-state index contributed by atoms with van der Waals surface area (Å²) in [4.78, 5) is 21.5. The van der Waals surface area contributed by atoms with Crippen LogP contribution in [-0.4, -0.2) is 22.1 Å². The molecule has 0 saturated heterocycles. The Morgan fingerprint density at radius 2 is 2.08 bits per heavy atom. The molecule has 3 aliphatic rings. The summed E-state index contributed by atoms with van der Waals surface area (Å²) >= 11 is 0. The third kappa shape index (κ3) is 3.02. The number of hydroxylamine groups is 1. The van der Waals surface area contributed by atoms with Crippen molar-refractivity contribution in [3.05, 3.63) is 41.0 Å². The minimum atomic E-state index is -0.940. The highest BCUT2D eigenvalue weighted by atomic mass is 16.5. The molecular weight excluding hydrogens is 320 g/mol. The Labute approximate surface area is 146 Å². The van der Waals surface area contributed by atoms with Crippen LogP contribution in [0.4, 0.5) is 4.79 Å². The fourth-order valence-corrected chi connectivity index (χ4v) is 4.73. The molecule has 2 fully saturated rings. The third-order valence-electron chi connectivity index (χ3n) is 5.99. The zero-order chi connectivity index (χ0) is 18.2. The zero-order valence-electron chi connectivity index (χ0n) is 14.3. The van der Waals surface area contributed by atoms with E-state index in [4.69, 9.17) is 5.21 Å². The van der Waals surface area contributed by atoms with Gasteiger partial charge in [0, 0.05) is 17.8 Å². The summed E-state index contributed by atoms with van der Waals surface area (Å²) in [5.41, 5.74) is 9.49. The maximum atomic E-state index is 12.2. The van der Waals surface area contributed by atoms with Gasteiger partial charge in [-0.3, -0.25) is 10.0 Å². The number of rotatable bonds is 0. The number of aromatic hydroxyl groups is 1. The molecule has 5 N–H and O–H groups in total. The number of fused-ring (bicyclic) bond motifs is 5. The Hall–Kier alpha value is -2.34. The van der Waals surface area contributed by atoms with Gasteiger partial charge in [0.05, 0.1) is 0 Å². The predicted octanol–water partition coefficient (Wildman–Crippen LogP) is 2.78. The van der Waals surface area contributed by atoms with Crippen molar-refractivity contribution in [3.8, 4) is 5.75 Å². The first-order valence-electron chi connectivity index (χ1n) is 8.61. The number of hydrogen-bond acceptors (Lipinski definition) is 4. The number of nitrogens with one attached hydrogen (secondary N) is 1. The lowest BCUT2D eigenvalue weighted by Gasteiger charge is -2.43. The van der Waals surface area contributed by atoms with Crippen molar-refractivity contribution in [2.45, 2.75) is 44.9 Å². The first-order chi connectivity index (χ1) is 11.9. The van der Waals surface area contributed by atoms with E-state index in [9.17, 15) is 14.7 Å². The number of Topliss-reactive ketones (excluding diaryl/α,β-unsaturated/α-hetero) is 1. The molecule has 1 aromatic rings. The molecule has 3 unspecified atom stereocenters. The van der Waals surface area contributed by atoms with E-state index in [1.54, 1.807) is 6.07 Å². The van der Waals surface area contributed by atoms with Gasteiger partial charge in [0.15, 0.2) is 0 Å². The monoisotopic (exact) mass is 344 g/mol. The Morgan fingerprint density at radius 3 is 2.76 bits per heavy atom. The van der Waals surface area contributed by atoms with Crippen molar-refractivity contribution in [1.82, 2.24) is 5.48 Å². The molecular formula is C19H24N2O4. The molecule has 0 aromatic heterocycles. The van der Waals surface area contributed by atoms with Crippen LogP contribution >= 0.6 is 0 Å². The maximum Gasteiger partial charge on any atom is 0.335 e. The summed E-state index contributed by atoms with van der Waals surface area (Å²) in [7, 11) is 0. The molecule has 25 heavy (non-hydrogen) atoms. The third-order valence-corrected chi connectivity index (χ3v) is 5.99. The molecule has 4 rings (SSSR count). The lowest BCUT2D eigenvalue weighted by Crippen LogP contribution is -2.37. The highest BCUT2D eigenvalue weighted by Gasteiger charge is 2.52. The number of hydrogen-bond donors (Lipinski definition) is 4. The SMILES string of the molecule is CC12CCC3C(=CCc4cc(O)ccc43)C1CCC2=O.NC(=O)NO. The van der Waals surface area contributed by atoms with Gasteiger partial charge in [0.1, 0.15) is 11.5 Å². The van der Waals surface area contributed by atoms with E-state index in [1.165, 1.54) is 22.2 Å².